The molecule has 0 aliphatic carbocycles. The number of amides is 2. The number of carboxylic acid groups (broad SMARTS) is 2. The molecule has 0 bridgehead atoms. The molecule has 0 saturated carbocycles. The van der Waals surface area contributed by atoms with Crippen LogP contribution in [0, 0.1) is 5.92 Å². The lowest BCUT2D eigenvalue weighted by atomic mass is 10.0. The van der Waals surface area contributed by atoms with Gasteiger partial charge in [0, 0.05) is 38.6 Å². The van der Waals surface area contributed by atoms with E-state index in [-0.39, 0.29) is 25.0 Å². The number of carbonyl (C=O) groups excluding carboxylic acids is 1. The van der Waals surface area contributed by atoms with Crippen LogP contribution < -0.4 is 5.32 Å². The largest absolute Gasteiger partial charge is 0.483 e. The second-order valence-electron chi connectivity index (χ2n) is 7.74. The second kappa shape index (κ2) is 13.6. The predicted molar refractivity (Wildman–Crippen MR) is 112 cm³/mol. The minimum absolute atomic E-state index is 0.0474. The van der Waals surface area contributed by atoms with Gasteiger partial charge in [-0.25, -0.2) is 9.78 Å². The van der Waals surface area contributed by atoms with Crippen molar-refractivity contribution in [1.82, 2.24) is 24.7 Å². The maximum atomic E-state index is 12.7. The maximum Gasteiger partial charge on any atom is 0.317 e. The zero-order chi connectivity index (χ0) is 22.5. The number of likely N-dealkylation sites (tertiary alicyclic amines) is 2. The van der Waals surface area contributed by atoms with Crippen LogP contribution in [0.25, 0.3) is 0 Å². The molecule has 2 saturated heterocycles. The van der Waals surface area contributed by atoms with Crippen LogP contribution in [0.1, 0.15) is 51.4 Å². The number of urea groups is 1. The van der Waals surface area contributed by atoms with Crippen LogP contribution in [0.2, 0.25) is 0 Å². The lowest BCUT2D eigenvalue weighted by Crippen LogP contribution is -2.50. The number of nitrogens with zero attached hydrogens (tertiary/aromatic N) is 4. The van der Waals surface area contributed by atoms with E-state index in [0.717, 1.165) is 31.8 Å². The molecule has 2 fully saturated rings. The summed E-state index contributed by atoms with van der Waals surface area (Å²) < 4.78 is 1.99. The Morgan fingerprint density at radius 2 is 1.67 bits per heavy atom. The zero-order valence-electron chi connectivity index (χ0n) is 18.1. The third-order valence-corrected chi connectivity index (χ3v) is 5.49. The van der Waals surface area contributed by atoms with Crippen molar-refractivity contribution < 1.29 is 24.6 Å². The van der Waals surface area contributed by atoms with Gasteiger partial charge in [-0.15, -0.1) is 0 Å². The number of aromatic nitrogens is 2. The minimum Gasteiger partial charge on any atom is -0.483 e. The summed E-state index contributed by atoms with van der Waals surface area (Å²) in [5.74, 6) is 1.22. The molecular weight excluding hydrogens is 390 g/mol. The Hall–Kier alpha value is -2.62. The molecule has 0 spiro atoms. The van der Waals surface area contributed by atoms with Crippen molar-refractivity contribution >= 4 is 19.0 Å². The van der Waals surface area contributed by atoms with Crippen LogP contribution in [0.5, 0.6) is 0 Å². The molecule has 170 valence electrons. The van der Waals surface area contributed by atoms with E-state index in [9.17, 15) is 4.79 Å². The van der Waals surface area contributed by atoms with Crippen molar-refractivity contribution in [2.45, 2.75) is 51.6 Å². The van der Waals surface area contributed by atoms with Crippen molar-refractivity contribution in [3.63, 3.8) is 0 Å². The first kappa shape index (κ1) is 25.4. The average Bonchev–Trinajstić information content (AvgIpc) is 3.39. The first-order chi connectivity index (χ1) is 14.4. The van der Waals surface area contributed by atoms with E-state index in [0.29, 0.717) is 12.0 Å². The first-order valence-corrected chi connectivity index (χ1v) is 10.3. The van der Waals surface area contributed by atoms with E-state index < -0.39 is 0 Å². The highest BCUT2D eigenvalue weighted by Gasteiger charge is 2.30. The summed E-state index contributed by atoms with van der Waals surface area (Å²) >= 11 is 0. The monoisotopic (exact) mass is 425 g/mol. The molecule has 2 aliphatic heterocycles. The lowest BCUT2D eigenvalue weighted by Gasteiger charge is -2.37. The molecule has 3 N–H and O–H groups in total. The van der Waals surface area contributed by atoms with Crippen LogP contribution in [0.15, 0.2) is 12.4 Å². The number of imidazole rings is 1. The van der Waals surface area contributed by atoms with E-state index in [1.54, 1.807) is 6.20 Å². The van der Waals surface area contributed by atoms with Crippen molar-refractivity contribution in [2.24, 2.45) is 13.0 Å². The fraction of sp³-hybridized carbons (Fsp3) is 0.700. The maximum absolute atomic E-state index is 12.7. The Kier molecular flexibility index (Phi) is 11.5. The Labute approximate surface area is 177 Å². The van der Waals surface area contributed by atoms with Gasteiger partial charge in [0.05, 0.1) is 6.04 Å². The average molecular weight is 426 g/mol. The molecule has 3 heterocycles. The van der Waals surface area contributed by atoms with Crippen LogP contribution in [-0.4, -0.2) is 80.8 Å². The van der Waals surface area contributed by atoms with Gasteiger partial charge >= 0.3 is 6.03 Å². The number of piperidine rings is 1. The van der Waals surface area contributed by atoms with Crippen LogP contribution in [0.3, 0.4) is 0 Å². The molecule has 1 unspecified atom stereocenters. The molecule has 1 atom stereocenters. The third-order valence-electron chi connectivity index (χ3n) is 5.49. The molecule has 3 rings (SSSR count). The van der Waals surface area contributed by atoms with Gasteiger partial charge in [0.15, 0.2) is 0 Å². The Morgan fingerprint density at radius 1 is 1.13 bits per heavy atom. The molecule has 0 aromatic carbocycles. The summed E-state index contributed by atoms with van der Waals surface area (Å²) in [5.41, 5.74) is 0. The SMILES string of the molecule is CC(C)C(NC(=O)N1CCC(N2CCCC2)CC1)c1nccn1C.O=CO.O=CO. The Morgan fingerprint density at radius 3 is 2.10 bits per heavy atom. The number of carbonyl (C=O) groups is 3. The highest BCUT2D eigenvalue weighted by atomic mass is 16.3. The molecule has 1 aromatic rings. The molecule has 0 radical (unpaired) electrons. The zero-order valence-corrected chi connectivity index (χ0v) is 18.1. The van der Waals surface area contributed by atoms with Gasteiger partial charge in [-0.1, -0.05) is 13.8 Å². The summed E-state index contributed by atoms with van der Waals surface area (Å²) in [7, 11) is 1.98. The summed E-state index contributed by atoms with van der Waals surface area (Å²) in [6, 6.07) is 0.678. The fourth-order valence-electron chi connectivity index (χ4n) is 3.97. The standard InChI is InChI=1S/C18H31N5O.2CH2O2/c1-14(2)16(17-19-8-13-21(17)3)20-18(24)23-11-6-15(7-12-23)22-9-4-5-10-22;2*2-1-3/h8,13-16H,4-7,9-12H2,1-3H3,(H,20,24);2*1H,(H,2,3). The molecule has 30 heavy (non-hydrogen) atoms. The molecule has 2 amide bonds. The summed E-state index contributed by atoms with van der Waals surface area (Å²) in [6.07, 6.45) is 8.59. The Bertz CT molecular complexity index is 631. The van der Waals surface area contributed by atoms with Crippen LogP contribution in [-0.2, 0) is 16.6 Å². The number of rotatable bonds is 4. The fourth-order valence-corrected chi connectivity index (χ4v) is 3.97. The quantitative estimate of drug-likeness (QED) is 0.627. The summed E-state index contributed by atoms with van der Waals surface area (Å²) in [4.78, 5) is 38.4. The molecule has 1 aromatic heterocycles. The summed E-state index contributed by atoms with van der Waals surface area (Å²) in [5, 5.41) is 17.0. The number of hydrogen-bond donors (Lipinski definition) is 3. The normalized spacial score (nSPS) is 17.9. The van der Waals surface area contributed by atoms with Gasteiger partial charge in [-0.2, -0.15) is 0 Å². The summed E-state index contributed by atoms with van der Waals surface area (Å²) in [6.45, 7) is 7.95. The van der Waals surface area contributed by atoms with E-state index in [4.69, 9.17) is 19.8 Å². The molecule has 2 aliphatic rings. The predicted octanol–water partition coefficient (Wildman–Crippen LogP) is 1.79. The van der Waals surface area contributed by atoms with Gasteiger partial charge in [0.2, 0.25) is 0 Å². The molecular formula is C20H35N5O5. The van der Waals surface area contributed by atoms with Crippen molar-refractivity contribution in [1.29, 1.82) is 0 Å². The highest BCUT2D eigenvalue weighted by Crippen LogP contribution is 2.23. The van der Waals surface area contributed by atoms with Crippen molar-refractivity contribution in [3.8, 4) is 0 Å². The van der Waals surface area contributed by atoms with Gasteiger partial charge in [0.1, 0.15) is 5.82 Å². The third kappa shape index (κ3) is 7.66. The first-order valence-electron chi connectivity index (χ1n) is 10.3. The van der Waals surface area contributed by atoms with Gasteiger partial charge in [0.25, 0.3) is 12.9 Å². The molecule has 10 heteroatoms. The number of aryl methyl sites for hydroxylation is 1. The van der Waals surface area contributed by atoms with E-state index in [2.05, 4.69) is 29.0 Å². The number of hydrogen-bond acceptors (Lipinski definition) is 5. The second-order valence-corrected chi connectivity index (χ2v) is 7.74. The van der Waals surface area contributed by atoms with Crippen LogP contribution in [0.4, 0.5) is 4.79 Å². The topological polar surface area (TPSA) is 128 Å². The van der Waals surface area contributed by atoms with Crippen LogP contribution >= 0.6 is 0 Å². The van der Waals surface area contributed by atoms with Crippen molar-refractivity contribution in [3.05, 3.63) is 18.2 Å². The van der Waals surface area contributed by atoms with E-state index >= 15 is 0 Å². The number of nitrogens with one attached hydrogen (secondary N) is 1. The van der Waals surface area contributed by atoms with E-state index in [1.165, 1.54) is 25.9 Å². The van der Waals surface area contributed by atoms with Crippen molar-refractivity contribution in [2.75, 3.05) is 26.2 Å². The smallest absolute Gasteiger partial charge is 0.317 e. The molecule has 10 nitrogen and oxygen atoms in total. The lowest BCUT2D eigenvalue weighted by molar-refractivity contribution is -0.123. The Balaban J connectivity index is 0.000000672. The minimum atomic E-state index is -0.250. The van der Waals surface area contributed by atoms with Gasteiger partial charge in [-0.3, -0.25) is 9.59 Å². The van der Waals surface area contributed by atoms with Gasteiger partial charge in [-0.05, 0) is 44.7 Å². The van der Waals surface area contributed by atoms with Gasteiger partial charge < -0.3 is 29.9 Å². The highest BCUT2D eigenvalue weighted by molar-refractivity contribution is 5.74. The van der Waals surface area contributed by atoms with E-state index in [1.807, 2.05) is 22.7 Å².